The van der Waals surface area contributed by atoms with Gasteiger partial charge in [0, 0.05) is 18.7 Å². The lowest BCUT2D eigenvalue weighted by atomic mass is 9.88. The quantitative estimate of drug-likeness (QED) is 0.823. The SMILES string of the molecule is O=S1(=O)CCC(NC2CCOC3(CCCC3)C2)C1. The van der Waals surface area contributed by atoms with E-state index in [9.17, 15) is 8.42 Å². The van der Waals surface area contributed by atoms with Gasteiger partial charge < -0.3 is 10.1 Å². The Labute approximate surface area is 109 Å². The molecule has 2 heterocycles. The van der Waals surface area contributed by atoms with E-state index in [1.54, 1.807) is 0 Å². The highest BCUT2D eigenvalue weighted by Gasteiger charge is 2.41. The van der Waals surface area contributed by atoms with Crippen molar-refractivity contribution in [2.75, 3.05) is 18.1 Å². The van der Waals surface area contributed by atoms with Gasteiger partial charge in [-0.3, -0.25) is 0 Å². The molecule has 0 amide bonds. The van der Waals surface area contributed by atoms with Gasteiger partial charge in [0.25, 0.3) is 0 Å². The Morgan fingerprint density at radius 1 is 1.11 bits per heavy atom. The molecular weight excluding hydrogens is 250 g/mol. The van der Waals surface area contributed by atoms with Gasteiger partial charge in [0.2, 0.25) is 0 Å². The van der Waals surface area contributed by atoms with E-state index in [1.165, 1.54) is 25.7 Å². The molecule has 0 aromatic carbocycles. The van der Waals surface area contributed by atoms with E-state index >= 15 is 0 Å². The predicted octanol–water partition coefficient (Wildman–Crippen LogP) is 1.25. The minimum atomic E-state index is -2.77. The number of hydrogen-bond acceptors (Lipinski definition) is 4. The summed E-state index contributed by atoms with van der Waals surface area (Å²) in [5.41, 5.74) is 0.118. The molecule has 1 spiro atoms. The predicted molar refractivity (Wildman–Crippen MR) is 70.4 cm³/mol. The van der Waals surface area contributed by atoms with Gasteiger partial charge in [0.15, 0.2) is 9.84 Å². The summed E-state index contributed by atoms with van der Waals surface area (Å²) in [6.45, 7) is 0.830. The summed E-state index contributed by atoms with van der Waals surface area (Å²) in [6, 6.07) is 0.631. The van der Waals surface area contributed by atoms with Crippen molar-refractivity contribution in [2.45, 2.75) is 62.6 Å². The molecule has 0 bridgehead atoms. The molecule has 2 unspecified atom stereocenters. The van der Waals surface area contributed by atoms with Crippen molar-refractivity contribution in [3.05, 3.63) is 0 Å². The number of sulfone groups is 1. The van der Waals surface area contributed by atoms with Gasteiger partial charge in [-0.15, -0.1) is 0 Å². The highest BCUT2D eigenvalue weighted by Crippen LogP contribution is 2.40. The van der Waals surface area contributed by atoms with Crippen LogP contribution >= 0.6 is 0 Å². The first-order valence-electron chi connectivity index (χ1n) is 7.17. The molecule has 3 fully saturated rings. The molecule has 4 nitrogen and oxygen atoms in total. The maximum atomic E-state index is 11.5. The summed E-state index contributed by atoms with van der Waals surface area (Å²) < 4.78 is 28.9. The molecule has 5 heteroatoms. The Hall–Kier alpha value is -0.130. The minimum absolute atomic E-state index is 0.118. The molecule has 0 aromatic rings. The fourth-order valence-electron chi connectivity index (χ4n) is 3.80. The molecule has 2 aliphatic heterocycles. The molecule has 3 aliphatic rings. The normalized spacial score (nSPS) is 38.2. The second-order valence-corrected chi connectivity index (χ2v) is 8.42. The van der Waals surface area contributed by atoms with Crippen molar-refractivity contribution in [1.29, 1.82) is 0 Å². The summed E-state index contributed by atoms with van der Waals surface area (Å²) in [7, 11) is -2.77. The van der Waals surface area contributed by atoms with Crippen LogP contribution in [0.5, 0.6) is 0 Å². The van der Waals surface area contributed by atoms with Crippen LogP contribution in [-0.2, 0) is 14.6 Å². The average molecular weight is 273 g/mol. The van der Waals surface area contributed by atoms with Gasteiger partial charge in [-0.2, -0.15) is 0 Å². The van der Waals surface area contributed by atoms with Gasteiger partial charge in [0.1, 0.15) is 0 Å². The second kappa shape index (κ2) is 4.76. The molecule has 0 aromatic heterocycles. The molecule has 2 saturated heterocycles. The number of rotatable bonds is 2. The summed E-state index contributed by atoms with van der Waals surface area (Å²) in [4.78, 5) is 0. The third-order valence-electron chi connectivity index (χ3n) is 4.71. The fraction of sp³-hybridized carbons (Fsp3) is 1.00. The summed E-state index contributed by atoms with van der Waals surface area (Å²) >= 11 is 0. The highest BCUT2D eigenvalue weighted by molar-refractivity contribution is 7.91. The van der Waals surface area contributed by atoms with E-state index in [2.05, 4.69) is 5.32 Å². The molecule has 3 rings (SSSR count). The van der Waals surface area contributed by atoms with Crippen molar-refractivity contribution in [2.24, 2.45) is 0 Å². The Morgan fingerprint density at radius 3 is 2.56 bits per heavy atom. The Morgan fingerprint density at radius 2 is 1.89 bits per heavy atom. The zero-order chi connectivity index (χ0) is 12.6. The van der Waals surface area contributed by atoms with Crippen molar-refractivity contribution in [1.82, 2.24) is 5.32 Å². The average Bonchev–Trinajstić information content (AvgIpc) is 2.87. The first-order chi connectivity index (χ1) is 8.57. The molecule has 1 N–H and O–H groups in total. The van der Waals surface area contributed by atoms with Crippen molar-refractivity contribution in [3.8, 4) is 0 Å². The first-order valence-corrected chi connectivity index (χ1v) is 9.00. The van der Waals surface area contributed by atoms with Crippen molar-refractivity contribution >= 4 is 9.84 Å². The number of ether oxygens (including phenoxy) is 1. The third-order valence-corrected chi connectivity index (χ3v) is 6.48. The molecule has 0 radical (unpaired) electrons. The number of nitrogens with one attached hydrogen (secondary N) is 1. The molecule has 18 heavy (non-hydrogen) atoms. The Kier molecular flexibility index (Phi) is 3.41. The van der Waals surface area contributed by atoms with Crippen LogP contribution in [0.3, 0.4) is 0 Å². The van der Waals surface area contributed by atoms with Gasteiger partial charge in [0.05, 0.1) is 17.1 Å². The van der Waals surface area contributed by atoms with E-state index in [0.717, 1.165) is 25.9 Å². The zero-order valence-corrected chi connectivity index (χ0v) is 11.7. The Bertz CT molecular complexity index is 400. The van der Waals surface area contributed by atoms with E-state index in [1.807, 2.05) is 0 Å². The van der Waals surface area contributed by atoms with E-state index in [0.29, 0.717) is 17.5 Å². The lowest BCUT2D eigenvalue weighted by Crippen LogP contribution is -2.49. The van der Waals surface area contributed by atoms with E-state index < -0.39 is 9.84 Å². The van der Waals surface area contributed by atoms with E-state index in [4.69, 9.17) is 4.74 Å². The molecule has 104 valence electrons. The van der Waals surface area contributed by atoms with Crippen LogP contribution in [-0.4, -0.2) is 44.2 Å². The lowest BCUT2D eigenvalue weighted by Gasteiger charge is -2.39. The molecule has 1 aliphatic carbocycles. The van der Waals surface area contributed by atoms with Crippen molar-refractivity contribution < 1.29 is 13.2 Å². The van der Waals surface area contributed by atoms with Gasteiger partial charge >= 0.3 is 0 Å². The van der Waals surface area contributed by atoms with E-state index in [-0.39, 0.29) is 11.6 Å². The highest BCUT2D eigenvalue weighted by atomic mass is 32.2. The van der Waals surface area contributed by atoms with Crippen LogP contribution < -0.4 is 5.32 Å². The van der Waals surface area contributed by atoms with Crippen LogP contribution in [0, 0.1) is 0 Å². The topological polar surface area (TPSA) is 55.4 Å². The monoisotopic (exact) mass is 273 g/mol. The standard InChI is InChI=1S/C13H23NO3S/c15-18(16)8-4-12(10-18)14-11-3-7-17-13(9-11)5-1-2-6-13/h11-12,14H,1-10H2. The lowest BCUT2D eigenvalue weighted by molar-refractivity contribution is -0.0844. The molecule has 1 saturated carbocycles. The second-order valence-electron chi connectivity index (χ2n) is 6.19. The maximum Gasteiger partial charge on any atom is 0.151 e. The largest absolute Gasteiger partial charge is 0.375 e. The van der Waals surface area contributed by atoms with Crippen LogP contribution in [0.2, 0.25) is 0 Å². The van der Waals surface area contributed by atoms with Crippen LogP contribution in [0.15, 0.2) is 0 Å². The first kappa shape index (κ1) is 12.9. The van der Waals surface area contributed by atoms with Crippen LogP contribution in [0.25, 0.3) is 0 Å². The fourth-order valence-corrected chi connectivity index (χ4v) is 5.48. The van der Waals surface area contributed by atoms with Gasteiger partial charge in [-0.05, 0) is 32.1 Å². The van der Waals surface area contributed by atoms with Gasteiger partial charge in [-0.1, -0.05) is 12.8 Å². The van der Waals surface area contributed by atoms with Crippen LogP contribution in [0.4, 0.5) is 0 Å². The minimum Gasteiger partial charge on any atom is -0.375 e. The summed E-state index contributed by atoms with van der Waals surface area (Å²) in [6.07, 6.45) is 7.83. The molecule has 2 atom stereocenters. The third kappa shape index (κ3) is 2.73. The smallest absolute Gasteiger partial charge is 0.151 e. The molecular formula is C13H23NO3S. The van der Waals surface area contributed by atoms with Gasteiger partial charge in [-0.25, -0.2) is 8.42 Å². The number of hydrogen-bond donors (Lipinski definition) is 1. The summed E-state index contributed by atoms with van der Waals surface area (Å²) in [5, 5.41) is 3.57. The van der Waals surface area contributed by atoms with Crippen molar-refractivity contribution in [3.63, 3.8) is 0 Å². The van der Waals surface area contributed by atoms with Crippen LogP contribution in [0.1, 0.15) is 44.9 Å². The Balaban J connectivity index is 1.57. The summed E-state index contributed by atoms with van der Waals surface area (Å²) in [5.74, 6) is 0.691. The zero-order valence-electron chi connectivity index (χ0n) is 10.9. The maximum absolute atomic E-state index is 11.5.